The van der Waals surface area contributed by atoms with Gasteiger partial charge in [-0.25, -0.2) is 4.98 Å². The molecule has 3 rings (SSSR count). The van der Waals surface area contributed by atoms with Crippen molar-refractivity contribution in [3.63, 3.8) is 0 Å². The van der Waals surface area contributed by atoms with E-state index in [-0.39, 0.29) is 11.9 Å². The minimum Gasteiger partial charge on any atom is -0.371 e. The molecule has 0 aromatic carbocycles. The van der Waals surface area contributed by atoms with Crippen molar-refractivity contribution in [2.24, 2.45) is 0 Å². The molecule has 21 heavy (non-hydrogen) atoms. The number of aromatic nitrogens is 2. The average Bonchev–Trinajstić information content (AvgIpc) is 3.01. The topological polar surface area (TPSA) is 49.6 Å². The number of amides is 1. The van der Waals surface area contributed by atoms with Gasteiger partial charge in [-0.3, -0.25) is 4.79 Å². The molecule has 5 nitrogen and oxygen atoms in total. The molecule has 1 atom stereocenters. The van der Waals surface area contributed by atoms with Crippen LogP contribution in [0.5, 0.6) is 0 Å². The molecule has 1 amide bonds. The number of likely N-dealkylation sites (tertiary alicyclic amines) is 1. The summed E-state index contributed by atoms with van der Waals surface area (Å²) in [6.45, 7) is 2.77. The Balaban J connectivity index is 2.02. The lowest BCUT2D eigenvalue weighted by molar-refractivity contribution is -0.134. The molecule has 1 N–H and O–H groups in total. The van der Waals surface area contributed by atoms with Crippen LogP contribution in [-0.4, -0.2) is 33.8 Å². The molecule has 0 aliphatic carbocycles. The summed E-state index contributed by atoms with van der Waals surface area (Å²) in [5.41, 5.74) is 2.04. The second-order valence-corrected chi connectivity index (χ2v) is 5.52. The Hall–Kier alpha value is -2.04. The van der Waals surface area contributed by atoms with Gasteiger partial charge < -0.3 is 14.6 Å². The molecule has 1 aliphatic heterocycles. The fourth-order valence-corrected chi connectivity index (χ4v) is 3.15. The molecule has 1 saturated heterocycles. The summed E-state index contributed by atoms with van der Waals surface area (Å²) in [4.78, 5) is 19.0. The van der Waals surface area contributed by atoms with Crippen molar-refractivity contribution in [2.75, 3.05) is 18.9 Å². The molecule has 3 heterocycles. The van der Waals surface area contributed by atoms with Gasteiger partial charge in [0, 0.05) is 32.4 Å². The molecule has 0 spiro atoms. The number of carbonyl (C=O) groups is 1. The maximum atomic E-state index is 12.2. The summed E-state index contributed by atoms with van der Waals surface area (Å²) in [6.07, 6.45) is 7.87. The van der Waals surface area contributed by atoms with Gasteiger partial charge in [0.05, 0.1) is 17.3 Å². The van der Waals surface area contributed by atoms with Crippen LogP contribution in [0.15, 0.2) is 24.5 Å². The van der Waals surface area contributed by atoms with Crippen molar-refractivity contribution in [1.29, 1.82) is 0 Å². The molecule has 112 valence electrons. The van der Waals surface area contributed by atoms with Gasteiger partial charge in [-0.05, 0) is 31.4 Å². The zero-order valence-electron chi connectivity index (χ0n) is 12.7. The lowest BCUT2D eigenvalue weighted by Crippen LogP contribution is -2.38. The number of nitrogens with one attached hydrogen (secondary N) is 1. The minimum atomic E-state index is 0.102. The Labute approximate surface area is 125 Å². The smallest absolute Gasteiger partial charge is 0.222 e. The van der Waals surface area contributed by atoms with Crippen molar-refractivity contribution in [3.05, 3.63) is 30.2 Å². The van der Waals surface area contributed by atoms with Gasteiger partial charge >= 0.3 is 0 Å². The first-order chi connectivity index (χ1) is 10.2. The Bertz CT molecular complexity index is 649. The van der Waals surface area contributed by atoms with Crippen molar-refractivity contribution < 1.29 is 4.79 Å². The highest BCUT2D eigenvalue weighted by Crippen LogP contribution is 2.31. The molecule has 0 radical (unpaired) electrons. The van der Waals surface area contributed by atoms with Crippen LogP contribution in [0.4, 0.5) is 5.82 Å². The van der Waals surface area contributed by atoms with E-state index in [4.69, 9.17) is 4.98 Å². The van der Waals surface area contributed by atoms with Gasteiger partial charge in [0.25, 0.3) is 0 Å². The van der Waals surface area contributed by atoms with E-state index >= 15 is 0 Å². The Morgan fingerprint density at radius 3 is 3.10 bits per heavy atom. The van der Waals surface area contributed by atoms with Gasteiger partial charge in [-0.15, -0.1) is 0 Å². The third-order valence-electron chi connectivity index (χ3n) is 4.24. The molecular formula is C16H22N4O. The molecule has 0 saturated carbocycles. The van der Waals surface area contributed by atoms with E-state index in [0.29, 0.717) is 6.42 Å². The number of carbonyl (C=O) groups excluding carboxylic acids is 1. The standard InChI is InChI=1S/C16H22N4O/c1-3-15(21)20-10-5-4-7-13(20)12-11-19-9-6-8-14(19)16(17-2)18-12/h6,8-9,11,13H,3-5,7,10H2,1-2H3,(H,17,18). The summed E-state index contributed by atoms with van der Waals surface area (Å²) in [6, 6.07) is 4.15. The second-order valence-electron chi connectivity index (χ2n) is 5.52. The van der Waals surface area contributed by atoms with Gasteiger partial charge in [-0.2, -0.15) is 0 Å². The van der Waals surface area contributed by atoms with Crippen LogP contribution in [0.3, 0.4) is 0 Å². The third kappa shape index (κ3) is 2.48. The molecule has 1 unspecified atom stereocenters. The Morgan fingerprint density at radius 1 is 1.48 bits per heavy atom. The van der Waals surface area contributed by atoms with E-state index < -0.39 is 0 Å². The van der Waals surface area contributed by atoms with Crippen molar-refractivity contribution in [2.45, 2.75) is 38.6 Å². The van der Waals surface area contributed by atoms with E-state index in [1.807, 2.05) is 37.2 Å². The number of piperidine rings is 1. The zero-order valence-corrected chi connectivity index (χ0v) is 12.7. The molecular weight excluding hydrogens is 264 g/mol. The molecule has 0 bridgehead atoms. The summed E-state index contributed by atoms with van der Waals surface area (Å²) in [5, 5.41) is 3.16. The van der Waals surface area contributed by atoms with Crippen molar-refractivity contribution in [1.82, 2.24) is 14.3 Å². The average molecular weight is 286 g/mol. The first-order valence-electron chi connectivity index (χ1n) is 7.69. The van der Waals surface area contributed by atoms with E-state index in [2.05, 4.69) is 15.9 Å². The van der Waals surface area contributed by atoms with Crippen LogP contribution in [0.2, 0.25) is 0 Å². The van der Waals surface area contributed by atoms with Gasteiger partial charge in [0.1, 0.15) is 5.82 Å². The predicted molar refractivity (Wildman–Crippen MR) is 83.3 cm³/mol. The lowest BCUT2D eigenvalue weighted by atomic mass is 9.99. The first-order valence-corrected chi connectivity index (χ1v) is 7.69. The fourth-order valence-electron chi connectivity index (χ4n) is 3.15. The minimum absolute atomic E-state index is 0.102. The van der Waals surface area contributed by atoms with Crippen LogP contribution < -0.4 is 5.32 Å². The van der Waals surface area contributed by atoms with Crippen LogP contribution in [0.1, 0.15) is 44.3 Å². The van der Waals surface area contributed by atoms with Gasteiger partial charge in [0.2, 0.25) is 5.91 Å². The van der Waals surface area contributed by atoms with Gasteiger partial charge in [0.15, 0.2) is 0 Å². The number of hydrogen-bond acceptors (Lipinski definition) is 3. The van der Waals surface area contributed by atoms with Crippen molar-refractivity contribution in [3.8, 4) is 0 Å². The highest BCUT2D eigenvalue weighted by atomic mass is 16.2. The third-order valence-corrected chi connectivity index (χ3v) is 4.24. The highest BCUT2D eigenvalue weighted by Gasteiger charge is 2.28. The quantitative estimate of drug-likeness (QED) is 0.944. The number of nitrogens with zero attached hydrogens (tertiary/aromatic N) is 3. The molecule has 2 aromatic heterocycles. The van der Waals surface area contributed by atoms with E-state index in [9.17, 15) is 4.79 Å². The SMILES string of the molecule is CCC(=O)N1CCCCC1c1cn2cccc2c(NC)n1. The van der Waals surface area contributed by atoms with E-state index in [1.165, 1.54) is 0 Å². The number of anilines is 1. The zero-order chi connectivity index (χ0) is 14.8. The van der Waals surface area contributed by atoms with Crippen LogP contribution in [0.25, 0.3) is 5.52 Å². The predicted octanol–water partition coefficient (Wildman–Crippen LogP) is 2.84. The number of fused-ring (bicyclic) bond motifs is 1. The van der Waals surface area contributed by atoms with Crippen LogP contribution in [0, 0.1) is 0 Å². The molecule has 1 fully saturated rings. The van der Waals surface area contributed by atoms with Gasteiger partial charge in [-0.1, -0.05) is 6.92 Å². The molecule has 5 heteroatoms. The van der Waals surface area contributed by atoms with Crippen LogP contribution in [-0.2, 0) is 4.79 Å². The lowest BCUT2D eigenvalue weighted by Gasteiger charge is -2.35. The largest absolute Gasteiger partial charge is 0.371 e. The summed E-state index contributed by atoms with van der Waals surface area (Å²) in [5.74, 6) is 1.09. The molecule has 1 aliphatic rings. The summed E-state index contributed by atoms with van der Waals surface area (Å²) < 4.78 is 2.08. The number of hydrogen-bond donors (Lipinski definition) is 1. The highest BCUT2D eigenvalue weighted by molar-refractivity contribution is 5.76. The maximum absolute atomic E-state index is 12.2. The van der Waals surface area contributed by atoms with E-state index in [0.717, 1.165) is 42.8 Å². The fraction of sp³-hybridized carbons (Fsp3) is 0.500. The van der Waals surface area contributed by atoms with Crippen LogP contribution >= 0.6 is 0 Å². The Morgan fingerprint density at radius 2 is 2.33 bits per heavy atom. The summed E-state index contributed by atoms with van der Waals surface area (Å²) in [7, 11) is 1.88. The first kappa shape index (κ1) is 13.9. The van der Waals surface area contributed by atoms with Crippen molar-refractivity contribution >= 4 is 17.2 Å². The maximum Gasteiger partial charge on any atom is 0.222 e. The Kier molecular flexibility index (Phi) is 3.82. The number of rotatable bonds is 3. The normalized spacial score (nSPS) is 19.0. The monoisotopic (exact) mass is 286 g/mol. The van der Waals surface area contributed by atoms with E-state index in [1.54, 1.807) is 0 Å². The second kappa shape index (κ2) is 5.76. The summed E-state index contributed by atoms with van der Waals surface area (Å²) >= 11 is 0. The molecule has 2 aromatic rings.